The summed E-state index contributed by atoms with van der Waals surface area (Å²) in [6.07, 6.45) is 3.82. The Morgan fingerprint density at radius 1 is 1.24 bits per heavy atom. The van der Waals surface area contributed by atoms with Gasteiger partial charge in [0.15, 0.2) is 0 Å². The molecule has 5 nitrogen and oxygen atoms in total. The van der Waals surface area contributed by atoms with E-state index in [0.717, 1.165) is 18.8 Å². The molecule has 0 radical (unpaired) electrons. The summed E-state index contributed by atoms with van der Waals surface area (Å²) in [6, 6.07) is 10.2. The second-order valence-corrected chi connectivity index (χ2v) is 5.29. The van der Waals surface area contributed by atoms with Crippen LogP contribution in [0.4, 0.5) is 11.4 Å². The van der Waals surface area contributed by atoms with Crippen molar-refractivity contribution in [1.82, 2.24) is 0 Å². The first-order valence-corrected chi connectivity index (χ1v) is 7.39. The second kappa shape index (κ2) is 7.53. The van der Waals surface area contributed by atoms with E-state index in [9.17, 15) is 4.79 Å². The Bertz CT molecular complexity index is 501. The number of piperidine rings is 1. The molecule has 1 aromatic rings. The molecule has 0 spiro atoms. The van der Waals surface area contributed by atoms with Crippen molar-refractivity contribution in [2.45, 2.75) is 25.7 Å². The molecular formula is C16H21N3O2. The highest BCUT2D eigenvalue weighted by molar-refractivity contribution is 5.68. The van der Waals surface area contributed by atoms with Crippen LogP contribution in [-0.2, 0) is 4.79 Å². The molecule has 1 aromatic carbocycles. The Balaban J connectivity index is 2.04. The van der Waals surface area contributed by atoms with E-state index < -0.39 is 5.97 Å². The van der Waals surface area contributed by atoms with Gasteiger partial charge < -0.3 is 14.9 Å². The summed E-state index contributed by atoms with van der Waals surface area (Å²) in [6.45, 7) is 2.75. The fourth-order valence-electron chi connectivity index (χ4n) is 2.64. The molecule has 1 aliphatic heterocycles. The van der Waals surface area contributed by atoms with Crippen LogP contribution in [0.3, 0.4) is 0 Å². The van der Waals surface area contributed by atoms with Crippen LogP contribution in [0.5, 0.6) is 0 Å². The summed E-state index contributed by atoms with van der Waals surface area (Å²) in [5.74, 6) is -0.845. The number of hydrogen-bond acceptors (Lipinski definition) is 4. The van der Waals surface area contributed by atoms with Gasteiger partial charge in [-0.3, -0.25) is 4.79 Å². The molecule has 1 N–H and O–H groups in total. The van der Waals surface area contributed by atoms with Gasteiger partial charge in [-0.1, -0.05) is 0 Å². The van der Waals surface area contributed by atoms with Crippen molar-refractivity contribution < 1.29 is 9.90 Å². The molecule has 1 saturated heterocycles. The molecule has 0 aliphatic carbocycles. The summed E-state index contributed by atoms with van der Waals surface area (Å²) in [7, 11) is 0. The SMILES string of the molecule is N#CCN(CCC(=O)O)c1ccc(N2CCCCC2)cc1. The average molecular weight is 287 g/mol. The van der Waals surface area contributed by atoms with E-state index in [1.54, 1.807) is 4.90 Å². The second-order valence-electron chi connectivity index (χ2n) is 5.29. The van der Waals surface area contributed by atoms with Gasteiger partial charge in [0.05, 0.1) is 12.5 Å². The van der Waals surface area contributed by atoms with E-state index in [4.69, 9.17) is 10.4 Å². The summed E-state index contributed by atoms with van der Waals surface area (Å²) >= 11 is 0. The molecule has 5 heteroatoms. The Labute approximate surface area is 125 Å². The van der Waals surface area contributed by atoms with Crippen LogP contribution in [0.2, 0.25) is 0 Å². The van der Waals surface area contributed by atoms with Crippen molar-refractivity contribution in [1.29, 1.82) is 5.26 Å². The van der Waals surface area contributed by atoms with E-state index in [-0.39, 0.29) is 13.0 Å². The molecule has 112 valence electrons. The molecule has 0 atom stereocenters. The lowest BCUT2D eigenvalue weighted by molar-refractivity contribution is -0.136. The third kappa shape index (κ3) is 4.38. The molecule has 21 heavy (non-hydrogen) atoms. The van der Waals surface area contributed by atoms with E-state index >= 15 is 0 Å². The molecule has 0 saturated carbocycles. The zero-order valence-corrected chi connectivity index (χ0v) is 12.2. The van der Waals surface area contributed by atoms with Gasteiger partial charge in [0.2, 0.25) is 0 Å². The largest absolute Gasteiger partial charge is 0.481 e. The Morgan fingerprint density at radius 2 is 1.90 bits per heavy atom. The molecule has 1 aliphatic rings. The maximum Gasteiger partial charge on any atom is 0.305 e. The predicted molar refractivity (Wildman–Crippen MR) is 82.6 cm³/mol. The maximum absolute atomic E-state index is 10.7. The number of hydrogen-bond donors (Lipinski definition) is 1. The molecular weight excluding hydrogens is 266 g/mol. The zero-order chi connectivity index (χ0) is 15.1. The van der Waals surface area contributed by atoms with Gasteiger partial charge in [0, 0.05) is 31.0 Å². The van der Waals surface area contributed by atoms with Crippen molar-refractivity contribution in [2.75, 3.05) is 36.0 Å². The van der Waals surface area contributed by atoms with Gasteiger partial charge in [-0.25, -0.2) is 0 Å². The van der Waals surface area contributed by atoms with Crippen molar-refractivity contribution in [3.8, 4) is 6.07 Å². The number of carbonyl (C=O) groups is 1. The number of carboxylic acids is 1. The number of aliphatic carboxylic acids is 1. The number of rotatable bonds is 6. The van der Waals surface area contributed by atoms with Gasteiger partial charge in [0.1, 0.15) is 6.54 Å². The van der Waals surface area contributed by atoms with Crippen molar-refractivity contribution in [3.05, 3.63) is 24.3 Å². The number of nitrogens with zero attached hydrogens (tertiary/aromatic N) is 3. The fraction of sp³-hybridized carbons (Fsp3) is 0.500. The smallest absolute Gasteiger partial charge is 0.305 e. The van der Waals surface area contributed by atoms with Crippen LogP contribution in [0, 0.1) is 11.3 Å². The minimum atomic E-state index is -0.845. The van der Waals surface area contributed by atoms with Crippen LogP contribution in [0.15, 0.2) is 24.3 Å². The summed E-state index contributed by atoms with van der Waals surface area (Å²) in [4.78, 5) is 14.9. The minimum absolute atomic E-state index is 0.0373. The van der Waals surface area contributed by atoms with Gasteiger partial charge in [0.25, 0.3) is 0 Å². The highest BCUT2D eigenvalue weighted by Gasteiger charge is 2.12. The summed E-state index contributed by atoms with van der Waals surface area (Å²) in [5.41, 5.74) is 2.10. The Hall–Kier alpha value is -2.22. The minimum Gasteiger partial charge on any atom is -0.481 e. The molecule has 2 rings (SSSR count). The average Bonchev–Trinajstić information content (AvgIpc) is 2.52. The van der Waals surface area contributed by atoms with E-state index in [0.29, 0.717) is 6.54 Å². The van der Waals surface area contributed by atoms with E-state index in [2.05, 4.69) is 23.1 Å². The van der Waals surface area contributed by atoms with Gasteiger partial charge in [-0.15, -0.1) is 0 Å². The first kappa shape index (κ1) is 15.2. The molecule has 0 bridgehead atoms. The topological polar surface area (TPSA) is 67.6 Å². The van der Waals surface area contributed by atoms with Gasteiger partial charge in [-0.2, -0.15) is 5.26 Å². The molecule has 0 unspecified atom stereocenters. The van der Waals surface area contributed by atoms with Crippen molar-refractivity contribution in [2.24, 2.45) is 0 Å². The molecule has 0 aromatic heterocycles. The van der Waals surface area contributed by atoms with E-state index in [1.807, 2.05) is 12.1 Å². The first-order chi connectivity index (χ1) is 10.2. The third-order valence-electron chi connectivity index (χ3n) is 3.79. The lowest BCUT2D eigenvalue weighted by Gasteiger charge is -2.29. The number of carboxylic acid groups (broad SMARTS) is 1. The fourth-order valence-corrected chi connectivity index (χ4v) is 2.64. The van der Waals surface area contributed by atoms with Crippen LogP contribution in [0.25, 0.3) is 0 Å². The van der Waals surface area contributed by atoms with Crippen LogP contribution >= 0.6 is 0 Å². The Kier molecular flexibility index (Phi) is 5.44. The molecule has 0 amide bonds. The predicted octanol–water partition coefficient (Wildman–Crippen LogP) is 2.48. The van der Waals surface area contributed by atoms with Crippen molar-refractivity contribution in [3.63, 3.8) is 0 Å². The van der Waals surface area contributed by atoms with Crippen LogP contribution < -0.4 is 9.80 Å². The highest BCUT2D eigenvalue weighted by atomic mass is 16.4. The first-order valence-electron chi connectivity index (χ1n) is 7.39. The maximum atomic E-state index is 10.7. The van der Waals surface area contributed by atoms with Gasteiger partial charge >= 0.3 is 5.97 Å². The normalized spacial score (nSPS) is 14.5. The summed E-state index contributed by atoms with van der Waals surface area (Å²) < 4.78 is 0. The summed E-state index contributed by atoms with van der Waals surface area (Å²) in [5, 5.41) is 17.6. The van der Waals surface area contributed by atoms with Crippen LogP contribution in [-0.4, -0.2) is 37.3 Å². The third-order valence-corrected chi connectivity index (χ3v) is 3.79. The van der Waals surface area contributed by atoms with E-state index in [1.165, 1.54) is 24.9 Å². The molecule has 1 heterocycles. The standard InChI is InChI=1S/C16H21N3O2/c17-9-13-19(12-8-16(20)21)15-6-4-14(5-7-15)18-10-2-1-3-11-18/h4-7H,1-3,8,10-13H2,(H,20,21). The van der Waals surface area contributed by atoms with Crippen molar-refractivity contribution >= 4 is 17.3 Å². The lowest BCUT2D eigenvalue weighted by atomic mass is 10.1. The lowest BCUT2D eigenvalue weighted by Crippen LogP contribution is -2.29. The number of benzene rings is 1. The highest BCUT2D eigenvalue weighted by Crippen LogP contribution is 2.23. The molecule has 1 fully saturated rings. The quantitative estimate of drug-likeness (QED) is 0.814. The Morgan fingerprint density at radius 3 is 2.48 bits per heavy atom. The number of anilines is 2. The zero-order valence-electron chi connectivity index (χ0n) is 12.2. The van der Waals surface area contributed by atoms with Gasteiger partial charge in [-0.05, 0) is 43.5 Å². The van der Waals surface area contributed by atoms with Crippen LogP contribution in [0.1, 0.15) is 25.7 Å². The monoisotopic (exact) mass is 287 g/mol. The number of nitriles is 1.